The summed E-state index contributed by atoms with van der Waals surface area (Å²) in [5.74, 6) is -1.14. The zero-order valence-corrected chi connectivity index (χ0v) is 25.8. The molecule has 3 aromatic carbocycles. The van der Waals surface area contributed by atoms with Crippen LogP contribution < -0.4 is 11.1 Å². The molecule has 0 saturated carbocycles. The molecular weight excluding hydrogens is 601 g/mol. The van der Waals surface area contributed by atoms with Gasteiger partial charge in [0.2, 0.25) is 15.9 Å². The van der Waals surface area contributed by atoms with E-state index in [1.807, 2.05) is 44.2 Å². The fourth-order valence-corrected chi connectivity index (χ4v) is 7.48. The van der Waals surface area contributed by atoms with Crippen molar-refractivity contribution in [3.63, 3.8) is 0 Å². The standard InChI is InChI=1S/C30H34FN3O5S2.ClH/c1-20(2)27(32)30(36)39-18-16-26(23-8-12-24(31)13-9-23)33-28(35)29-34(17-19-40-29)41(37,38)25-14-10-22(11-15-25)21-6-4-3-5-7-21;/h3-15,20,26-27,29H,16-19,32H2,1-2H3,(H,33,35);1H. The van der Waals surface area contributed by atoms with Crippen LogP contribution in [0.1, 0.15) is 31.9 Å². The van der Waals surface area contributed by atoms with E-state index in [0.717, 1.165) is 11.1 Å². The number of nitrogens with two attached hydrogens (primary N) is 1. The quantitative estimate of drug-likeness (QED) is 0.292. The zero-order chi connectivity index (χ0) is 29.6. The van der Waals surface area contributed by atoms with Crippen LogP contribution in [0.3, 0.4) is 0 Å². The van der Waals surface area contributed by atoms with Crippen molar-refractivity contribution < 1.29 is 27.1 Å². The lowest BCUT2D eigenvalue weighted by atomic mass is 10.0. The largest absolute Gasteiger partial charge is 0.464 e. The SMILES string of the molecule is CC(C)C(N)C(=O)OCCC(NC(=O)C1SCCN1S(=O)(=O)c1ccc(-c2ccccc2)cc1)c1ccc(F)cc1.Cl. The fourth-order valence-electron chi connectivity index (χ4n) is 4.40. The molecule has 0 aliphatic carbocycles. The molecule has 1 saturated heterocycles. The summed E-state index contributed by atoms with van der Waals surface area (Å²) in [7, 11) is -3.96. The van der Waals surface area contributed by atoms with Crippen LogP contribution >= 0.6 is 24.2 Å². The zero-order valence-electron chi connectivity index (χ0n) is 23.3. The summed E-state index contributed by atoms with van der Waals surface area (Å²) in [5, 5.41) is 1.90. The Balaban J connectivity index is 0.00000484. The maximum Gasteiger partial charge on any atom is 0.323 e. The first-order valence-electron chi connectivity index (χ1n) is 13.3. The third-order valence-electron chi connectivity index (χ3n) is 6.87. The minimum absolute atomic E-state index is 0. The van der Waals surface area contributed by atoms with Crippen LogP contribution in [0.4, 0.5) is 4.39 Å². The van der Waals surface area contributed by atoms with E-state index in [-0.39, 0.29) is 42.8 Å². The number of nitrogens with zero attached hydrogens (tertiary/aromatic N) is 1. The number of nitrogens with one attached hydrogen (secondary N) is 1. The van der Waals surface area contributed by atoms with Gasteiger partial charge in [0.1, 0.15) is 17.2 Å². The van der Waals surface area contributed by atoms with E-state index in [1.54, 1.807) is 24.3 Å². The molecule has 4 rings (SSSR count). The minimum Gasteiger partial charge on any atom is -0.464 e. The molecule has 42 heavy (non-hydrogen) atoms. The molecule has 12 heteroatoms. The van der Waals surface area contributed by atoms with E-state index in [2.05, 4.69) is 5.32 Å². The van der Waals surface area contributed by atoms with Crippen LogP contribution in [0.15, 0.2) is 83.8 Å². The number of hydrogen-bond donors (Lipinski definition) is 2. The molecule has 0 aromatic heterocycles. The molecule has 3 N–H and O–H groups in total. The Morgan fingerprint density at radius 2 is 1.64 bits per heavy atom. The maximum absolute atomic E-state index is 13.6. The first kappa shape index (κ1) is 33.5. The Labute approximate surface area is 256 Å². The number of ether oxygens (including phenoxy) is 1. The highest BCUT2D eigenvalue weighted by Crippen LogP contribution is 2.32. The van der Waals surface area contributed by atoms with Gasteiger partial charge in [0, 0.05) is 18.7 Å². The predicted molar refractivity (Wildman–Crippen MR) is 165 cm³/mol. The topological polar surface area (TPSA) is 119 Å². The number of esters is 1. The summed E-state index contributed by atoms with van der Waals surface area (Å²) in [6.45, 7) is 3.76. The molecule has 1 heterocycles. The molecule has 1 amide bonds. The number of rotatable bonds is 11. The predicted octanol–water partition coefficient (Wildman–Crippen LogP) is 4.75. The Morgan fingerprint density at radius 3 is 2.26 bits per heavy atom. The fraction of sp³-hybridized carbons (Fsp3) is 0.333. The molecule has 8 nitrogen and oxygen atoms in total. The Hall–Kier alpha value is -2.96. The van der Waals surface area contributed by atoms with Crippen LogP contribution in [-0.2, 0) is 24.3 Å². The number of benzene rings is 3. The molecule has 3 unspecified atom stereocenters. The van der Waals surface area contributed by atoms with Gasteiger partial charge >= 0.3 is 5.97 Å². The van der Waals surface area contributed by atoms with Gasteiger partial charge in [0.15, 0.2) is 0 Å². The first-order chi connectivity index (χ1) is 19.6. The second-order valence-corrected chi connectivity index (χ2v) is 13.1. The number of sulfonamides is 1. The molecule has 3 atom stereocenters. The normalized spacial score (nSPS) is 16.8. The maximum atomic E-state index is 13.6. The van der Waals surface area contributed by atoms with Crippen LogP contribution in [0.5, 0.6) is 0 Å². The van der Waals surface area contributed by atoms with Crippen LogP contribution in [-0.4, -0.2) is 54.9 Å². The van der Waals surface area contributed by atoms with Gasteiger partial charge in [-0.3, -0.25) is 9.59 Å². The van der Waals surface area contributed by atoms with Crippen molar-refractivity contribution in [2.24, 2.45) is 11.7 Å². The van der Waals surface area contributed by atoms with Crippen LogP contribution in [0.25, 0.3) is 11.1 Å². The van der Waals surface area contributed by atoms with Crippen molar-refractivity contribution in [2.75, 3.05) is 18.9 Å². The molecule has 0 radical (unpaired) electrons. The molecule has 0 bridgehead atoms. The average molecular weight is 636 g/mol. The van der Waals surface area contributed by atoms with Crippen molar-refractivity contribution in [1.29, 1.82) is 0 Å². The minimum atomic E-state index is -3.96. The van der Waals surface area contributed by atoms with E-state index in [0.29, 0.717) is 11.3 Å². The van der Waals surface area contributed by atoms with Crippen LogP contribution in [0.2, 0.25) is 0 Å². The Kier molecular flexibility index (Phi) is 12.0. The first-order valence-corrected chi connectivity index (χ1v) is 15.8. The van der Waals surface area contributed by atoms with Gasteiger partial charge in [0.05, 0.1) is 17.5 Å². The Morgan fingerprint density at radius 1 is 1.02 bits per heavy atom. The average Bonchev–Trinajstić information content (AvgIpc) is 3.48. The number of carbonyl (C=O) groups is 2. The molecule has 3 aromatic rings. The highest BCUT2D eigenvalue weighted by molar-refractivity contribution is 8.02. The van der Waals surface area contributed by atoms with Gasteiger partial charge in [0.25, 0.3) is 0 Å². The lowest BCUT2D eigenvalue weighted by molar-refractivity contribution is -0.146. The van der Waals surface area contributed by atoms with Gasteiger partial charge in [-0.15, -0.1) is 24.2 Å². The van der Waals surface area contributed by atoms with Gasteiger partial charge in [-0.2, -0.15) is 4.31 Å². The number of amides is 1. The van der Waals surface area contributed by atoms with E-state index in [4.69, 9.17) is 10.5 Å². The summed E-state index contributed by atoms with van der Waals surface area (Å²) < 4.78 is 47.3. The van der Waals surface area contributed by atoms with Crippen molar-refractivity contribution >= 4 is 46.1 Å². The molecule has 1 aliphatic heterocycles. The summed E-state index contributed by atoms with van der Waals surface area (Å²) in [4.78, 5) is 25.8. The van der Waals surface area contributed by atoms with Gasteiger partial charge in [-0.1, -0.05) is 68.4 Å². The number of halogens is 2. The second-order valence-electron chi connectivity index (χ2n) is 10.1. The molecule has 1 aliphatic rings. The third-order valence-corrected chi connectivity index (χ3v) is 10.1. The summed E-state index contributed by atoms with van der Waals surface area (Å²) in [6, 6.07) is 20.4. The van der Waals surface area contributed by atoms with Crippen molar-refractivity contribution in [1.82, 2.24) is 9.62 Å². The lowest BCUT2D eigenvalue weighted by Gasteiger charge is -2.26. The summed E-state index contributed by atoms with van der Waals surface area (Å²) in [6.07, 6.45) is 0.193. The molecule has 1 fully saturated rings. The van der Waals surface area contributed by atoms with Crippen molar-refractivity contribution in [3.8, 4) is 11.1 Å². The molecule has 226 valence electrons. The molecule has 0 spiro atoms. The highest BCUT2D eigenvalue weighted by atomic mass is 35.5. The third kappa shape index (κ3) is 8.11. The molecular formula is C30H35ClFN3O5S2. The summed E-state index contributed by atoms with van der Waals surface area (Å²) >= 11 is 1.23. The van der Waals surface area contributed by atoms with E-state index < -0.39 is 45.2 Å². The van der Waals surface area contributed by atoms with Crippen molar-refractivity contribution in [2.45, 2.75) is 42.6 Å². The number of thioether (sulfide) groups is 1. The van der Waals surface area contributed by atoms with Crippen molar-refractivity contribution in [3.05, 3.63) is 90.2 Å². The van der Waals surface area contributed by atoms with Crippen LogP contribution in [0, 0.1) is 11.7 Å². The highest BCUT2D eigenvalue weighted by Gasteiger charge is 2.40. The number of hydrogen-bond acceptors (Lipinski definition) is 7. The van der Waals surface area contributed by atoms with E-state index >= 15 is 0 Å². The second kappa shape index (κ2) is 15.0. The van der Waals surface area contributed by atoms with Gasteiger partial charge < -0.3 is 15.8 Å². The van der Waals surface area contributed by atoms with E-state index in [9.17, 15) is 22.4 Å². The lowest BCUT2D eigenvalue weighted by Crippen LogP contribution is -2.46. The monoisotopic (exact) mass is 635 g/mol. The smallest absolute Gasteiger partial charge is 0.323 e. The van der Waals surface area contributed by atoms with Gasteiger partial charge in [-0.25, -0.2) is 12.8 Å². The Bertz CT molecular complexity index is 1440. The van der Waals surface area contributed by atoms with E-state index in [1.165, 1.54) is 40.3 Å². The summed E-state index contributed by atoms with van der Waals surface area (Å²) in [5.41, 5.74) is 8.30. The number of carbonyl (C=O) groups excluding carboxylic acids is 2. The van der Waals surface area contributed by atoms with Gasteiger partial charge in [-0.05, 0) is 46.9 Å².